The summed E-state index contributed by atoms with van der Waals surface area (Å²) in [5.41, 5.74) is 4.54. The van der Waals surface area contributed by atoms with Gasteiger partial charge in [0.15, 0.2) is 5.82 Å². The largest absolute Gasteiger partial charge is 0.497 e. The number of thioether (sulfide) groups is 1. The molecule has 1 aromatic heterocycles. The quantitative estimate of drug-likeness (QED) is 0.941. The summed E-state index contributed by atoms with van der Waals surface area (Å²) in [6, 6.07) is 8.31. The summed E-state index contributed by atoms with van der Waals surface area (Å²) in [6.45, 7) is 4.45. The fraction of sp³-hybridized carbons (Fsp3) is 0.429. The molecule has 3 rings (SSSR count). The molecule has 6 heteroatoms. The van der Waals surface area contributed by atoms with Crippen LogP contribution < -0.4 is 10.2 Å². The lowest BCUT2D eigenvalue weighted by Gasteiger charge is -2.28. The van der Waals surface area contributed by atoms with Crippen LogP contribution in [0.25, 0.3) is 11.4 Å². The van der Waals surface area contributed by atoms with E-state index >= 15 is 0 Å². The van der Waals surface area contributed by atoms with Crippen molar-refractivity contribution in [3.63, 3.8) is 0 Å². The molecule has 0 saturated carbocycles. The first-order chi connectivity index (χ1) is 9.69. The molecule has 0 fully saturated rings. The normalized spacial score (nSPS) is 17.7. The molecule has 0 aliphatic carbocycles. The molecule has 1 aromatic carbocycles. The Kier molecular flexibility index (Phi) is 3.56. The van der Waals surface area contributed by atoms with E-state index in [4.69, 9.17) is 4.74 Å². The highest BCUT2D eigenvalue weighted by Crippen LogP contribution is 2.29. The van der Waals surface area contributed by atoms with Crippen LogP contribution in [0, 0.1) is 5.92 Å². The zero-order valence-electron chi connectivity index (χ0n) is 11.8. The number of aromatic nitrogens is 3. The summed E-state index contributed by atoms with van der Waals surface area (Å²) >= 11 is 1.75. The lowest BCUT2D eigenvalue weighted by molar-refractivity contribution is 0.415. The predicted molar refractivity (Wildman–Crippen MR) is 80.7 cm³/mol. The van der Waals surface area contributed by atoms with Crippen molar-refractivity contribution in [2.45, 2.75) is 25.0 Å². The average molecular weight is 290 g/mol. The van der Waals surface area contributed by atoms with Crippen molar-refractivity contribution >= 4 is 11.8 Å². The smallest absolute Gasteiger partial charge is 0.210 e. The maximum atomic E-state index is 5.19. The summed E-state index contributed by atoms with van der Waals surface area (Å²) in [5.74, 6) is 3.29. The standard InChI is InChI=1S/C14H18N4OS/c1-9(2)12-8-20-14-16-15-13(18(14)17-12)10-4-6-11(19-3)7-5-10/h4-7,9,12,17H,8H2,1-3H3. The van der Waals surface area contributed by atoms with Crippen molar-refractivity contribution in [3.8, 4) is 17.1 Å². The Morgan fingerprint density at radius 2 is 2.05 bits per heavy atom. The summed E-state index contributed by atoms with van der Waals surface area (Å²) in [4.78, 5) is 0. The van der Waals surface area contributed by atoms with Gasteiger partial charge in [0.1, 0.15) is 5.75 Å². The lowest BCUT2D eigenvalue weighted by atomic mass is 10.1. The molecule has 0 bridgehead atoms. The molecule has 1 atom stereocenters. The first kappa shape index (κ1) is 13.3. The second-order valence-corrected chi connectivity index (χ2v) is 6.15. The topological polar surface area (TPSA) is 52.0 Å². The van der Waals surface area contributed by atoms with Gasteiger partial charge in [-0.15, -0.1) is 10.2 Å². The van der Waals surface area contributed by atoms with Gasteiger partial charge in [-0.05, 0) is 30.2 Å². The van der Waals surface area contributed by atoms with Gasteiger partial charge in [-0.1, -0.05) is 25.6 Å². The molecule has 0 amide bonds. The minimum atomic E-state index is 0.431. The Morgan fingerprint density at radius 3 is 2.70 bits per heavy atom. The van der Waals surface area contributed by atoms with E-state index in [2.05, 4.69) is 29.5 Å². The molecule has 1 aliphatic heterocycles. The molecule has 0 radical (unpaired) electrons. The molecule has 1 N–H and O–H groups in total. The van der Waals surface area contributed by atoms with Gasteiger partial charge in [0.25, 0.3) is 0 Å². The highest BCUT2D eigenvalue weighted by Gasteiger charge is 2.25. The van der Waals surface area contributed by atoms with E-state index in [1.54, 1.807) is 18.9 Å². The maximum absolute atomic E-state index is 5.19. The van der Waals surface area contributed by atoms with Crippen LogP contribution in [0.2, 0.25) is 0 Å². The second-order valence-electron chi connectivity index (χ2n) is 5.16. The van der Waals surface area contributed by atoms with Crippen LogP contribution in [0.4, 0.5) is 0 Å². The van der Waals surface area contributed by atoms with Gasteiger partial charge < -0.3 is 10.2 Å². The molecular weight excluding hydrogens is 272 g/mol. The van der Waals surface area contributed by atoms with Gasteiger partial charge in [-0.2, -0.15) is 0 Å². The summed E-state index contributed by atoms with van der Waals surface area (Å²) < 4.78 is 7.19. The SMILES string of the molecule is COc1ccc(-c2nnc3n2NC(C(C)C)CS3)cc1. The Morgan fingerprint density at radius 1 is 1.30 bits per heavy atom. The number of hydrogen-bond acceptors (Lipinski definition) is 5. The van der Waals surface area contributed by atoms with Gasteiger partial charge in [0.05, 0.1) is 13.2 Å². The molecule has 20 heavy (non-hydrogen) atoms. The fourth-order valence-electron chi connectivity index (χ4n) is 2.12. The van der Waals surface area contributed by atoms with Gasteiger partial charge in [0.2, 0.25) is 5.16 Å². The Hall–Kier alpha value is -1.69. The van der Waals surface area contributed by atoms with Crippen molar-refractivity contribution in [1.29, 1.82) is 0 Å². The Labute approximate surface area is 122 Å². The molecule has 1 aliphatic rings. The maximum Gasteiger partial charge on any atom is 0.210 e. The molecule has 1 unspecified atom stereocenters. The molecular formula is C14H18N4OS. The highest BCUT2D eigenvalue weighted by atomic mass is 32.2. The molecule has 2 heterocycles. The van der Waals surface area contributed by atoms with Crippen LogP contribution in [0.1, 0.15) is 13.8 Å². The zero-order chi connectivity index (χ0) is 14.1. The molecule has 106 valence electrons. The number of rotatable bonds is 3. The minimum absolute atomic E-state index is 0.431. The third kappa shape index (κ3) is 2.35. The number of fused-ring (bicyclic) bond motifs is 1. The lowest BCUT2D eigenvalue weighted by Crippen LogP contribution is -2.38. The number of nitrogens with zero attached hydrogens (tertiary/aromatic N) is 3. The summed E-state index contributed by atoms with van der Waals surface area (Å²) in [5, 5.41) is 9.48. The van der Waals surface area contributed by atoms with E-state index in [9.17, 15) is 0 Å². The van der Waals surface area contributed by atoms with Gasteiger partial charge in [-0.25, -0.2) is 4.68 Å². The van der Waals surface area contributed by atoms with Gasteiger partial charge in [0, 0.05) is 11.3 Å². The second kappa shape index (κ2) is 5.36. The van der Waals surface area contributed by atoms with Gasteiger partial charge >= 0.3 is 0 Å². The fourth-order valence-corrected chi connectivity index (χ4v) is 3.27. The van der Waals surface area contributed by atoms with Crippen molar-refractivity contribution in [3.05, 3.63) is 24.3 Å². The molecule has 2 aromatic rings. The van der Waals surface area contributed by atoms with E-state index < -0.39 is 0 Å². The zero-order valence-corrected chi connectivity index (χ0v) is 12.6. The van der Waals surface area contributed by atoms with E-state index in [-0.39, 0.29) is 0 Å². The van der Waals surface area contributed by atoms with Crippen LogP contribution in [-0.2, 0) is 0 Å². The van der Waals surface area contributed by atoms with Crippen molar-refractivity contribution in [2.24, 2.45) is 5.92 Å². The molecule has 5 nitrogen and oxygen atoms in total. The number of methoxy groups -OCH3 is 1. The highest BCUT2D eigenvalue weighted by molar-refractivity contribution is 7.99. The van der Waals surface area contributed by atoms with E-state index in [0.717, 1.165) is 28.0 Å². The number of hydrogen-bond donors (Lipinski definition) is 1. The number of benzene rings is 1. The molecule has 0 saturated heterocycles. The van der Waals surface area contributed by atoms with Crippen LogP contribution in [0.15, 0.2) is 29.4 Å². The number of nitrogens with one attached hydrogen (secondary N) is 1. The van der Waals surface area contributed by atoms with Crippen LogP contribution in [-0.4, -0.2) is 33.8 Å². The van der Waals surface area contributed by atoms with Crippen LogP contribution in [0.3, 0.4) is 0 Å². The van der Waals surface area contributed by atoms with E-state index in [0.29, 0.717) is 12.0 Å². The Bertz CT molecular complexity index is 594. The predicted octanol–water partition coefficient (Wildman–Crippen LogP) is 2.63. The van der Waals surface area contributed by atoms with Crippen molar-refractivity contribution in [2.75, 3.05) is 18.3 Å². The van der Waals surface area contributed by atoms with Crippen LogP contribution >= 0.6 is 11.8 Å². The van der Waals surface area contributed by atoms with E-state index in [1.165, 1.54) is 0 Å². The Balaban J connectivity index is 1.93. The summed E-state index contributed by atoms with van der Waals surface area (Å²) in [7, 11) is 1.67. The first-order valence-electron chi connectivity index (χ1n) is 6.68. The first-order valence-corrected chi connectivity index (χ1v) is 7.67. The van der Waals surface area contributed by atoms with Crippen molar-refractivity contribution in [1.82, 2.24) is 14.9 Å². The van der Waals surface area contributed by atoms with Crippen molar-refractivity contribution < 1.29 is 4.74 Å². The van der Waals surface area contributed by atoms with E-state index in [1.807, 2.05) is 28.9 Å². The minimum Gasteiger partial charge on any atom is -0.497 e. The average Bonchev–Trinajstić information content (AvgIpc) is 2.90. The van der Waals surface area contributed by atoms with Gasteiger partial charge in [-0.3, -0.25) is 0 Å². The third-order valence-corrected chi connectivity index (χ3v) is 4.52. The molecule has 0 spiro atoms. The third-order valence-electron chi connectivity index (χ3n) is 3.47. The number of ether oxygens (including phenoxy) is 1. The summed E-state index contributed by atoms with van der Waals surface area (Å²) in [6.07, 6.45) is 0. The van der Waals surface area contributed by atoms with Crippen LogP contribution in [0.5, 0.6) is 5.75 Å². The monoisotopic (exact) mass is 290 g/mol.